The van der Waals surface area contributed by atoms with Crippen molar-refractivity contribution < 1.29 is 9.84 Å². The monoisotopic (exact) mass is 399 g/mol. The van der Waals surface area contributed by atoms with E-state index in [0.717, 1.165) is 71.1 Å². The van der Waals surface area contributed by atoms with Gasteiger partial charge in [0.15, 0.2) is 0 Å². The van der Waals surface area contributed by atoms with Gasteiger partial charge in [-0.25, -0.2) is 15.0 Å². The number of anilines is 1. The van der Waals surface area contributed by atoms with Crippen LogP contribution in [-0.4, -0.2) is 69.9 Å². The lowest BCUT2D eigenvalue weighted by Gasteiger charge is -2.35. The van der Waals surface area contributed by atoms with E-state index in [1.165, 1.54) is 5.56 Å². The summed E-state index contributed by atoms with van der Waals surface area (Å²) < 4.78 is 7.09. The van der Waals surface area contributed by atoms with Crippen LogP contribution in [0.4, 0.5) is 5.82 Å². The maximum absolute atomic E-state index is 9.16. The Hall–Kier alpha value is -1.87. The summed E-state index contributed by atoms with van der Waals surface area (Å²) >= 11 is 1.69. The van der Waals surface area contributed by atoms with E-state index in [1.54, 1.807) is 17.7 Å². The molecular weight excluding hydrogens is 374 g/mol. The maximum atomic E-state index is 9.16. The number of β-amino-alcohol motifs (C(OH)–C–C–N with tert-alkyl or cyclic N) is 1. The summed E-state index contributed by atoms with van der Waals surface area (Å²) in [7, 11) is 0. The number of piperazine rings is 1. The second-order valence-electron chi connectivity index (χ2n) is 8.20. The summed E-state index contributed by atoms with van der Waals surface area (Å²) in [5, 5.41) is 10.3. The molecule has 0 amide bonds. The third-order valence-corrected chi connectivity index (χ3v) is 6.78. The Morgan fingerprint density at radius 2 is 2.04 bits per heavy atom. The van der Waals surface area contributed by atoms with Gasteiger partial charge in [-0.15, -0.1) is 11.3 Å². The number of hydrogen-bond acceptors (Lipinski definition) is 8. The molecule has 1 saturated heterocycles. The third kappa shape index (κ3) is 3.14. The standard InChI is InChI=1S/C20H25N5O2S/c1-20(2)10-15-13(11-27-20)9-14-16-17(28-19(14)23-15)18(22-12-21-16)25-5-3-24(4-6-25)7-8-26/h9,12,26H,3-8,10-11H2,1-2H3. The zero-order chi connectivity index (χ0) is 19.3. The van der Waals surface area contributed by atoms with E-state index in [-0.39, 0.29) is 12.2 Å². The fourth-order valence-corrected chi connectivity index (χ4v) is 5.27. The molecule has 1 fully saturated rings. The van der Waals surface area contributed by atoms with Crippen molar-refractivity contribution in [3.63, 3.8) is 0 Å². The third-order valence-electron chi connectivity index (χ3n) is 5.69. The average Bonchev–Trinajstić information content (AvgIpc) is 3.04. The minimum absolute atomic E-state index is 0.163. The summed E-state index contributed by atoms with van der Waals surface area (Å²) in [5.41, 5.74) is 3.14. The highest BCUT2D eigenvalue weighted by atomic mass is 32.1. The van der Waals surface area contributed by atoms with Gasteiger partial charge in [0.05, 0.1) is 34.7 Å². The van der Waals surface area contributed by atoms with E-state index in [9.17, 15) is 0 Å². The second kappa shape index (κ2) is 6.88. The van der Waals surface area contributed by atoms with E-state index < -0.39 is 0 Å². The predicted octanol–water partition coefficient (Wildman–Crippen LogP) is 2.21. The van der Waals surface area contributed by atoms with Gasteiger partial charge in [-0.3, -0.25) is 4.90 Å². The lowest BCUT2D eigenvalue weighted by atomic mass is 9.95. The summed E-state index contributed by atoms with van der Waals surface area (Å²) in [5.74, 6) is 1.01. The quantitative estimate of drug-likeness (QED) is 0.724. The van der Waals surface area contributed by atoms with E-state index in [0.29, 0.717) is 6.61 Å². The van der Waals surface area contributed by atoms with Crippen LogP contribution in [0, 0.1) is 0 Å². The molecule has 3 aromatic rings. The van der Waals surface area contributed by atoms with Gasteiger partial charge in [-0.2, -0.15) is 0 Å². The summed E-state index contributed by atoms with van der Waals surface area (Å²) in [4.78, 5) is 19.9. The summed E-state index contributed by atoms with van der Waals surface area (Å²) in [6.07, 6.45) is 2.50. The van der Waals surface area contributed by atoms with Crippen LogP contribution >= 0.6 is 11.3 Å². The molecule has 0 radical (unpaired) electrons. The predicted molar refractivity (Wildman–Crippen MR) is 111 cm³/mol. The molecule has 1 N–H and O–H groups in total. The number of aromatic nitrogens is 3. The van der Waals surface area contributed by atoms with Gasteiger partial charge < -0.3 is 14.7 Å². The van der Waals surface area contributed by atoms with Gasteiger partial charge in [0.2, 0.25) is 0 Å². The Kier molecular flexibility index (Phi) is 4.46. The molecule has 0 bridgehead atoms. The van der Waals surface area contributed by atoms with Crippen molar-refractivity contribution in [2.24, 2.45) is 0 Å². The molecule has 148 valence electrons. The van der Waals surface area contributed by atoms with Gasteiger partial charge in [0, 0.05) is 50.1 Å². The van der Waals surface area contributed by atoms with Crippen LogP contribution in [-0.2, 0) is 17.8 Å². The average molecular weight is 400 g/mol. The van der Waals surface area contributed by atoms with Crippen molar-refractivity contribution in [2.45, 2.75) is 32.5 Å². The normalized spacial score (nSPS) is 20.0. The highest BCUT2D eigenvalue weighted by Gasteiger charge is 2.28. The Labute approximate surface area is 168 Å². The molecule has 0 spiro atoms. The highest BCUT2D eigenvalue weighted by molar-refractivity contribution is 7.25. The Balaban J connectivity index is 1.54. The summed E-state index contributed by atoms with van der Waals surface area (Å²) in [6, 6.07) is 2.21. The first-order chi connectivity index (χ1) is 13.5. The van der Waals surface area contributed by atoms with Gasteiger partial charge in [0.25, 0.3) is 0 Å². The lowest BCUT2D eigenvalue weighted by molar-refractivity contribution is -0.0411. The van der Waals surface area contributed by atoms with Crippen LogP contribution in [0.25, 0.3) is 20.4 Å². The van der Waals surface area contributed by atoms with Crippen molar-refractivity contribution in [2.75, 3.05) is 44.2 Å². The largest absolute Gasteiger partial charge is 0.395 e. The number of pyridine rings is 1. The van der Waals surface area contributed by atoms with Crippen molar-refractivity contribution in [1.29, 1.82) is 0 Å². The maximum Gasteiger partial charge on any atom is 0.150 e. The first kappa shape index (κ1) is 18.2. The number of thiophene rings is 1. The fourth-order valence-electron chi connectivity index (χ4n) is 4.12. The molecule has 5 heterocycles. The molecule has 0 unspecified atom stereocenters. The van der Waals surface area contributed by atoms with Gasteiger partial charge in [-0.05, 0) is 19.9 Å². The zero-order valence-corrected chi connectivity index (χ0v) is 17.1. The number of aliphatic hydroxyl groups is 1. The van der Waals surface area contributed by atoms with Crippen LogP contribution in [0.2, 0.25) is 0 Å². The Bertz CT molecular complexity index is 1030. The Morgan fingerprint density at radius 3 is 2.82 bits per heavy atom. The minimum atomic E-state index is -0.163. The van der Waals surface area contributed by atoms with Crippen molar-refractivity contribution in [3.05, 3.63) is 23.7 Å². The van der Waals surface area contributed by atoms with Crippen LogP contribution in [0.5, 0.6) is 0 Å². The fraction of sp³-hybridized carbons (Fsp3) is 0.550. The zero-order valence-electron chi connectivity index (χ0n) is 16.3. The van der Waals surface area contributed by atoms with Crippen molar-refractivity contribution in [3.8, 4) is 0 Å². The Morgan fingerprint density at radius 1 is 1.21 bits per heavy atom. The topological polar surface area (TPSA) is 74.6 Å². The van der Waals surface area contributed by atoms with Crippen LogP contribution in [0.3, 0.4) is 0 Å². The van der Waals surface area contributed by atoms with Crippen LogP contribution in [0.1, 0.15) is 25.1 Å². The number of fused-ring (bicyclic) bond motifs is 4. The first-order valence-electron chi connectivity index (χ1n) is 9.82. The number of rotatable bonds is 3. The van der Waals surface area contributed by atoms with Crippen LogP contribution in [0.15, 0.2) is 12.4 Å². The molecule has 28 heavy (non-hydrogen) atoms. The molecule has 0 saturated carbocycles. The molecule has 5 rings (SSSR count). The molecular formula is C20H25N5O2S. The van der Waals surface area contributed by atoms with Gasteiger partial charge in [-0.1, -0.05) is 0 Å². The smallest absolute Gasteiger partial charge is 0.150 e. The molecule has 0 aliphatic carbocycles. The number of ether oxygens (including phenoxy) is 1. The van der Waals surface area contributed by atoms with E-state index >= 15 is 0 Å². The van der Waals surface area contributed by atoms with Crippen molar-refractivity contribution >= 4 is 37.6 Å². The molecule has 2 aliphatic rings. The SMILES string of the molecule is CC1(C)Cc2nc3sc4c(N5CCN(CCO)CC5)ncnc4c3cc2CO1. The van der Waals surface area contributed by atoms with Crippen LogP contribution < -0.4 is 4.90 Å². The van der Waals surface area contributed by atoms with E-state index in [1.807, 2.05) is 0 Å². The van der Waals surface area contributed by atoms with Gasteiger partial charge in [0.1, 0.15) is 17.0 Å². The molecule has 7 nitrogen and oxygen atoms in total. The highest BCUT2D eigenvalue weighted by Crippen LogP contribution is 2.39. The van der Waals surface area contributed by atoms with Crippen molar-refractivity contribution in [1.82, 2.24) is 19.9 Å². The van der Waals surface area contributed by atoms with E-state index in [2.05, 4.69) is 39.7 Å². The molecule has 0 atom stereocenters. The second-order valence-corrected chi connectivity index (χ2v) is 9.20. The minimum Gasteiger partial charge on any atom is -0.395 e. The number of nitrogens with zero attached hydrogens (tertiary/aromatic N) is 5. The lowest BCUT2D eigenvalue weighted by Crippen LogP contribution is -2.47. The van der Waals surface area contributed by atoms with E-state index in [4.69, 9.17) is 14.8 Å². The van der Waals surface area contributed by atoms with Gasteiger partial charge >= 0.3 is 0 Å². The molecule has 8 heteroatoms. The summed E-state index contributed by atoms with van der Waals surface area (Å²) in [6.45, 7) is 9.49. The molecule has 3 aromatic heterocycles. The number of hydrogen-bond donors (Lipinski definition) is 1. The molecule has 0 aromatic carbocycles. The first-order valence-corrected chi connectivity index (χ1v) is 10.6. The molecule has 2 aliphatic heterocycles. The number of aliphatic hydroxyl groups excluding tert-OH is 1.